The normalized spacial score (nSPS) is 20.8. The van der Waals surface area contributed by atoms with E-state index in [4.69, 9.17) is 0 Å². The van der Waals surface area contributed by atoms with Crippen LogP contribution >= 0.6 is 0 Å². The van der Waals surface area contributed by atoms with Crippen molar-refractivity contribution in [2.24, 2.45) is 5.92 Å². The van der Waals surface area contributed by atoms with E-state index >= 15 is 0 Å². The van der Waals surface area contributed by atoms with E-state index in [1.54, 1.807) is 20.8 Å². The quantitative estimate of drug-likeness (QED) is 0.800. The molecule has 1 saturated carbocycles. The molecule has 5 nitrogen and oxygen atoms in total. The van der Waals surface area contributed by atoms with E-state index in [0.717, 1.165) is 5.56 Å². The molecule has 0 radical (unpaired) electrons. The maximum atomic E-state index is 12.5. The molecule has 0 aliphatic heterocycles. The number of fused-ring (bicyclic) bond motifs is 1. The molecule has 1 amide bonds. The molecule has 2 N–H and O–H groups in total. The molecule has 0 bridgehead atoms. The largest absolute Gasteiger partial charge is 0.352 e. The first kappa shape index (κ1) is 20.8. The fourth-order valence-electron chi connectivity index (χ4n) is 3.55. The van der Waals surface area contributed by atoms with Crippen LogP contribution in [0.2, 0.25) is 0 Å². The number of rotatable bonds is 5. The van der Waals surface area contributed by atoms with Crippen molar-refractivity contribution in [3.05, 3.63) is 48.0 Å². The van der Waals surface area contributed by atoms with Crippen LogP contribution in [0.3, 0.4) is 0 Å². The van der Waals surface area contributed by atoms with Gasteiger partial charge in [-0.2, -0.15) is 0 Å². The highest BCUT2D eigenvalue weighted by Crippen LogP contribution is 2.26. The molecule has 1 aliphatic carbocycles. The van der Waals surface area contributed by atoms with Crippen LogP contribution in [0.4, 0.5) is 0 Å². The lowest BCUT2D eigenvalue weighted by molar-refractivity contribution is -0.126. The Morgan fingerprint density at radius 1 is 1.00 bits per heavy atom. The van der Waals surface area contributed by atoms with Crippen LogP contribution in [-0.4, -0.2) is 25.1 Å². The predicted molar refractivity (Wildman–Crippen MR) is 113 cm³/mol. The van der Waals surface area contributed by atoms with Crippen molar-refractivity contribution >= 4 is 26.7 Å². The monoisotopic (exact) mass is 402 g/mol. The highest BCUT2D eigenvalue weighted by Gasteiger charge is 2.33. The molecule has 0 aromatic heterocycles. The lowest BCUT2D eigenvalue weighted by atomic mass is 9.86. The highest BCUT2D eigenvalue weighted by molar-refractivity contribution is 7.90. The Morgan fingerprint density at radius 2 is 1.64 bits per heavy atom. The number of hydrogen-bond donors (Lipinski definition) is 2. The molecular weight excluding hydrogens is 372 g/mol. The van der Waals surface area contributed by atoms with Crippen LogP contribution in [0, 0.1) is 5.92 Å². The zero-order chi connectivity index (χ0) is 20.4. The zero-order valence-corrected chi connectivity index (χ0v) is 17.7. The number of benzene rings is 2. The van der Waals surface area contributed by atoms with Gasteiger partial charge in [0.15, 0.2) is 0 Å². The first-order chi connectivity index (χ1) is 13.2. The van der Waals surface area contributed by atoms with E-state index in [9.17, 15) is 13.2 Å². The molecule has 152 valence electrons. The minimum absolute atomic E-state index is 0.0455. The molecule has 0 saturated heterocycles. The minimum Gasteiger partial charge on any atom is -0.352 e. The number of carbonyl (C=O) groups excluding carboxylic acids is 1. The number of sulfonamides is 1. The Bertz CT molecular complexity index is 940. The molecule has 28 heavy (non-hydrogen) atoms. The van der Waals surface area contributed by atoms with Gasteiger partial charge in [0.1, 0.15) is 0 Å². The second kappa shape index (κ2) is 8.21. The fourth-order valence-corrected chi connectivity index (χ4v) is 4.58. The van der Waals surface area contributed by atoms with Gasteiger partial charge in [-0.1, -0.05) is 36.4 Å². The second-order valence-electron chi connectivity index (χ2n) is 8.68. The summed E-state index contributed by atoms with van der Waals surface area (Å²) in [6, 6.07) is 14.3. The van der Waals surface area contributed by atoms with Crippen molar-refractivity contribution in [1.82, 2.24) is 10.0 Å². The number of hydrogen-bond acceptors (Lipinski definition) is 3. The maximum absolute atomic E-state index is 12.5. The van der Waals surface area contributed by atoms with Gasteiger partial charge in [-0.05, 0) is 68.9 Å². The Balaban J connectivity index is 1.50. The van der Waals surface area contributed by atoms with Gasteiger partial charge in [0.2, 0.25) is 15.9 Å². The van der Waals surface area contributed by atoms with E-state index in [1.165, 1.54) is 10.8 Å². The average Bonchev–Trinajstić information content (AvgIpc) is 2.65. The van der Waals surface area contributed by atoms with Gasteiger partial charge in [0, 0.05) is 18.5 Å². The third-order valence-electron chi connectivity index (χ3n) is 5.51. The molecule has 3 rings (SSSR count). The summed E-state index contributed by atoms with van der Waals surface area (Å²) in [5.41, 5.74) is 1.08. The third kappa shape index (κ3) is 4.92. The SMILES string of the molecule is CC(C)(C)S(=O)(=O)N[C@H]1CC[C@H](C(=O)NCc2ccc3ccccc3c2)CC1. The fraction of sp³-hybridized carbons (Fsp3) is 0.500. The molecule has 0 atom stereocenters. The second-order valence-corrected chi connectivity index (χ2v) is 11.1. The molecule has 2 aromatic carbocycles. The van der Waals surface area contributed by atoms with Gasteiger partial charge in [0.25, 0.3) is 0 Å². The molecule has 0 spiro atoms. The molecule has 0 unspecified atom stereocenters. The zero-order valence-electron chi connectivity index (χ0n) is 16.9. The first-order valence-electron chi connectivity index (χ1n) is 9.93. The van der Waals surface area contributed by atoms with Crippen LogP contribution in [0.5, 0.6) is 0 Å². The summed E-state index contributed by atoms with van der Waals surface area (Å²) in [7, 11) is -3.35. The van der Waals surface area contributed by atoms with E-state index in [-0.39, 0.29) is 17.9 Å². The van der Waals surface area contributed by atoms with Crippen LogP contribution in [0.1, 0.15) is 52.0 Å². The summed E-state index contributed by atoms with van der Waals surface area (Å²) in [6.07, 6.45) is 2.81. The Morgan fingerprint density at radius 3 is 2.29 bits per heavy atom. The standard InChI is InChI=1S/C22H30N2O3S/c1-22(2,3)28(26,27)24-20-12-10-18(11-13-20)21(25)23-15-16-8-9-17-6-4-5-7-19(17)14-16/h4-9,14,18,20,24H,10-13,15H2,1-3H3,(H,23,25)/t18-,20-. The predicted octanol–water partition coefficient (Wildman–Crippen LogP) is 3.73. The Kier molecular flexibility index (Phi) is 6.10. The van der Waals surface area contributed by atoms with E-state index < -0.39 is 14.8 Å². The molecule has 1 fully saturated rings. The van der Waals surface area contributed by atoms with Gasteiger partial charge in [-0.3, -0.25) is 4.79 Å². The topological polar surface area (TPSA) is 75.3 Å². The van der Waals surface area contributed by atoms with Crippen molar-refractivity contribution in [1.29, 1.82) is 0 Å². The van der Waals surface area contributed by atoms with E-state index in [2.05, 4.69) is 34.3 Å². The Hall–Kier alpha value is -1.92. The Labute approximate surface area is 168 Å². The van der Waals surface area contributed by atoms with Crippen LogP contribution in [0.25, 0.3) is 10.8 Å². The van der Waals surface area contributed by atoms with E-state index in [1.807, 2.05) is 18.2 Å². The van der Waals surface area contributed by atoms with Gasteiger partial charge in [-0.25, -0.2) is 13.1 Å². The highest BCUT2D eigenvalue weighted by atomic mass is 32.2. The maximum Gasteiger partial charge on any atom is 0.223 e. The minimum atomic E-state index is -3.35. The molecular formula is C22H30N2O3S. The van der Waals surface area contributed by atoms with Crippen LogP contribution < -0.4 is 10.0 Å². The molecule has 1 aliphatic rings. The summed E-state index contributed by atoms with van der Waals surface area (Å²) < 4.78 is 26.6. The third-order valence-corrected chi connectivity index (χ3v) is 7.76. The summed E-state index contributed by atoms with van der Waals surface area (Å²) in [4.78, 5) is 12.5. The van der Waals surface area contributed by atoms with Gasteiger partial charge in [-0.15, -0.1) is 0 Å². The first-order valence-corrected chi connectivity index (χ1v) is 11.4. The van der Waals surface area contributed by atoms with Crippen molar-refractivity contribution < 1.29 is 13.2 Å². The van der Waals surface area contributed by atoms with Crippen LogP contribution in [-0.2, 0) is 21.4 Å². The number of nitrogens with one attached hydrogen (secondary N) is 2. The molecule has 0 heterocycles. The van der Waals surface area contributed by atoms with Gasteiger partial charge >= 0.3 is 0 Å². The number of carbonyl (C=O) groups is 1. The smallest absolute Gasteiger partial charge is 0.223 e. The summed E-state index contributed by atoms with van der Waals surface area (Å²) in [6.45, 7) is 5.60. The van der Waals surface area contributed by atoms with Gasteiger partial charge in [0.05, 0.1) is 4.75 Å². The summed E-state index contributed by atoms with van der Waals surface area (Å²) in [5.74, 6) is 0.0149. The van der Waals surface area contributed by atoms with E-state index in [0.29, 0.717) is 32.2 Å². The van der Waals surface area contributed by atoms with Gasteiger partial charge < -0.3 is 5.32 Å². The lowest BCUT2D eigenvalue weighted by Gasteiger charge is -2.30. The van der Waals surface area contributed by atoms with Crippen LogP contribution in [0.15, 0.2) is 42.5 Å². The van der Waals surface area contributed by atoms with Crippen molar-refractivity contribution in [3.63, 3.8) is 0 Å². The van der Waals surface area contributed by atoms with Crippen molar-refractivity contribution in [3.8, 4) is 0 Å². The lowest BCUT2D eigenvalue weighted by Crippen LogP contribution is -2.46. The average molecular weight is 403 g/mol. The van der Waals surface area contributed by atoms with Crippen molar-refractivity contribution in [2.75, 3.05) is 0 Å². The molecule has 2 aromatic rings. The summed E-state index contributed by atoms with van der Waals surface area (Å²) in [5, 5.41) is 5.40. The molecule has 6 heteroatoms. The summed E-state index contributed by atoms with van der Waals surface area (Å²) >= 11 is 0. The number of amides is 1. The van der Waals surface area contributed by atoms with Crippen molar-refractivity contribution in [2.45, 2.75) is 63.8 Å².